The van der Waals surface area contributed by atoms with Crippen molar-refractivity contribution in [3.8, 4) is 0 Å². The number of hydrogen-bond acceptors (Lipinski definition) is 15. The van der Waals surface area contributed by atoms with E-state index in [1.165, 1.54) is 244 Å². The smallest absolute Gasteiger partial charge is 0 e. The van der Waals surface area contributed by atoms with E-state index in [1.54, 1.807) is 24.3 Å². The van der Waals surface area contributed by atoms with Crippen LogP contribution in [0.3, 0.4) is 0 Å². The minimum Gasteiger partial charge on any atom is 0 e. The molecule has 2 fully saturated rings. The van der Waals surface area contributed by atoms with Crippen LogP contribution in [-0.2, 0) is 52.2 Å². The minimum atomic E-state index is -3.61. The molecule has 0 radical (unpaired) electrons. The van der Waals surface area contributed by atoms with Gasteiger partial charge in [0.2, 0.25) is 0 Å². The third-order valence-electron chi connectivity index (χ3n) is 16.1. The van der Waals surface area contributed by atoms with Crippen molar-refractivity contribution < 1.29 is 124 Å². The molecule has 0 spiro atoms. The van der Waals surface area contributed by atoms with Crippen LogP contribution < -0.4 is 56.5 Å². The summed E-state index contributed by atoms with van der Waals surface area (Å²) in [5.74, 6) is -1.01. The van der Waals surface area contributed by atoms with Crippen molar-refractivity contribution >= 4 is 17.5 Å². The van der Waals surface area contributed by atoms with Gasteiger partial charge in [0.15, 0.2) is 24.2 Å². The molecule has 3 rings (SSSR count). The molecular weight excluding hydrogens is 1250 g/mol. The largest absolute Gasteiger partial charge is 1.00 e. The Bertz CT molecular complexity index is 1920. The van der Waals surface area contributed by atoms with E-state index in [2.05, 4.69) is 62.0 Å². The first-order valence-electron chi connectivity index (χ1n) is 37.4. The van der Waals surface area contributed by atoms with E-state index < -0.39 is 28.0 Å². The van der Waals surface area contributed by atoms with Crippen molar-refractivity contribution in [3.63, 3.8) is 0 Å². The minimum absolute atomic E-state index is 0. The third-order valence-corrected chi connectivity index (χ3v) is 17.4. The van der Waals surface area contributed by atoms with Crippen molar-refractivity contribution in [1.29, 1.82) is 0 Å². The fourth-order valence-corrected chi connectivity index (χ4v) is 11.4. The average molecular weight is 1400 g/mol. The summed E-state index contributed by atoms with van der Waals surface area (Å²) in [5.41, 5.74) is 1.04. The van der Waals surface area contributed by atoms with Crippen molar-refractivity contribution in [2.45, 2.75) is 380 Å². The van der Waals surface area contributed by atoms with Crippen molar-refractivity contribution in [1.82, 2.24) is 0 Å². The Kier molecular flexibility index (Phi) is 80.4. The Labute approximate surface area is 629 Å². The zero-order valence-corrected chi connectivity index (χ0v) is 65.7. The maximum atomic E-state index is 12.1. The monoisotopic (exact) mass is 1400 g/mol. The number of unbranched alkanes of at least 4 members (excludes halogenated alkanes) is 38. The first kappa shape index (κ1) is 101. The number of aryl methyl sites for hydroxylation is 1. The van der Waals surface area contributed by atoms with Crippen molar-refractivity contribution in [2.24, 2.45) is 0 Å². The number of ether oxygens (including phenoxy) is 6. The first-order valence-corrected chi connectivity index (χ1v) is 38.9. The zero-order valence-electron chi connectivity index (χ0n) is 61.8. The number of hydrogen-bond donors (Lipinski definition) is 3. The van der Waals surface area contributed by atoms with Crippen LogP contribution in [0.1, 0.15) is 345 Å². The quantitative estimate of drug-likeness (QED) is 0.0105. The molecule has 0 aliphatic carbocycles. The van der Waals surface area contributed by atoms with Gasteiger partial charge in [0, 0.05) is 14.6 Å². The van der Waals surface area contributed by atoms with Gasteiger partial charge in [-0.25, -0.2) is 0 Å². The van der Waals surface area contributed by atoms with Crippen LogP contribution in [0, 0.1) is 6.92 Å². The van der Waals surface area contributed by atoms with Gasteiger partial charge in [-0.15, -0.1) is 6.61 Å². The van der Waals surface area contributed by atoms with E-state index >= 15 is 0 Å². The Hall–Kier alpha value is -0.749. The Balaban J connectivity index is -0.000000388. The molecule has 18 heteroatoms. The van der Waals surface area contributed by atoms with E-state index in [9.17, 15) is 13.5 Å². The molecule has 2 saturated heterocycles. The second kappa shape index (κ2) is 75.9. The molecule has 2 heterocycles. The predicted octanol–water partition coefficient (Wildman–Crippen LogP) is 17.8. The molecule has 2 aliphatic rings. The summed E-state index contributed by atoms with van der Waals surface area (Å²) in [6.45, 7) is 18.3. The Morgan fingerprint density at radius 1 is 0.537 bits per heavy atom. The van der Waals surface area contributed by atoms with Gasteiger partial charge in [0.1, 0.15) is 6.61 Å². The van der Waals surface area contributed by atoms with Gasteiger partial charge in [-0.1, -0.05) is 269 Å². The summed E-state index contributed by atoms with van der Waals surface area (Å²) in [7, 11) is -3.67. The number of aliphatic hydroxyl groups is 2. The second-order valence-corrected chi connectivity index (χ2v) is 27.7. The Morgan fingerprint density at radius 2 is 0.853 bits per heavy atom. The van der Waals surface area contributed by atoms with E-state index in [0.29, 0.717) is 19.8 Å². The van der Waals surface area contributed by atoms with Gasteiger partial charge in [0.05, 0.1) is 30.8 Å². The molecule has 95 heavy (non-hydrogen) atoms. The van der Waals surface area contributed by atoms with Crippen molar-refractivity contribution in [3.05, 3.63) is 66.3 Å². The van der Waals surface area contributed by atoms with Gasteiger partial charge < -0.3 is 43.7 Å². The van der Waals surface area contributed by atoms with Crippen LogP contribution in [-0.4, -0.2) is 108 Å². The van der Waals surface area contributed by atoms with Gasteiger partial charge >= 0.3 is 73.5 Å². The molecule has 0 aromatic heterocycles. The molecule has 1 aromatic rings. The van der Waals surface area contributed by atoms with Crippen molar-refractivity contribution in [2.75, 3.05) is 46.2 Å². The average Bonchev–Trinajstić information content (AvgIpc) is 0.957. The standard InChI is InChI=1S/C25H42O3S.C24H46O3.C21H42O3.C6H11O3.CH4.BHO3.K.H2/c1-3-4-5-6-7-8-9-10-11-12-13-14-15-16-17-18-23-28-29(26,27)25-21-19-24(2)20-22-25;1-4-5-6-7-8-9-10-11-12-13-14-15-16-17-18-19-20-21-25-23-22-26-24(2,3)27-23;1-2-3-4-5-6-7-8-9-10-11-12-13-14-15-16-17-18-19-24-21(23)20-22;1-6(2)8-4-5(3-7)9-6;;2-1-4-3;;/h10-11,19-22H,3-9,12-18,23H2,1-2H3;11-12,23H,4-10,13-22H2,1-3H3;9-10,21-23H,2-8,11-20H2,1H3;5H,3-4H2,1-2H3;1H4;3H;;1H/q;;;-1;;;+1;/b11-10-;12-11-;10-9-;;;;;. The summed E-state index contributed by atoms with van der Waals surface area (Å²) in [6, 6.07) is 6.79. The summed E-state index contributed by atoms with van der Waals surface area (Å²) < 4.78 is 70.1. The maximum absolute atomic E-state index is 12.1. The van der Waals surface area contributed by atoms with E-state index in [0.717, 1.165) is 50.7 Å². The van der Waals surface area contributed by atoms with Gasteiger partial charge in [-0.2, -0.15) is 8.42 Å². The molecule has 15 nitrogen and oxygen atoms in total. The van der Waals surface area contributed by atoms with E-state index in [-0.39, 0.29) is 105 Å². The second-order valence-electron chi connectivity index (χ2n) is 26.1. The molecule has 1 aromatic carbocycles. The number of allylic oxidation sites excluding steroid dienone is 6. The number of benzene rings is 1. The Morgan fingerprint density at radius 3 is 1.15 bits per heavy atom. The van der Waals surface area contributed by atoms with Crippen LogP contribution in [0.5, 0.6) is 0 Å². The van der Waals surface area contributed by atoms with Gasteiger partial charge in [-0.3, -0.25) is 4.18 Å². The zero-order chi connectivity index (χ0) is 68.9. The van der Waals surface area contributed by atoms with Gasteiger partial charge in [0.25, 0.3) is 10.1 Å². The summed E-state index contributed by atoms with van der Waals surface area (Å²) in [6.07, 6.45) is 69.7. The molecule has 2 aliphatic heterocycles. The molecule has 556 valence electrons. The summed E-state index contributed by atoms with van der Waals surface area (Å²) >= 11 is 0. The maximum Gasteiger partial charge on any atom is 1.00 e. The summed E-state index contributed by atoms with van der Waals surface area (Å²) in [5, 5.41) is 34.8. The molecule has 0 amide bonds. The van der Waals surface area contributed by atoms with Crippen LogP contribution in [0.25, 0.3) is 0 Å². The van der Waals surface area contributed by atoms with Crippen LogP contribution >= 0.6 is 0 Å². The molecule has 3 unspecified atom stereocenters. The fourth-order valence-electron chi connectivity index (χ4n) is 10.4. The molecule has 0 bridgehead atoms. The SMILES string of the molecule is C.CC1(C)OCC(C[O-])O1.CCCCCCCC/C=C\CCCCCCCCCOC(O)CO.CCCCCCCC/C=C\CCCCCCCCCOC1COC(C)(C)O1.CCCCCCCC/C=C\CCCCCCCCOS(=O)(=O)c1ccc(C)cc1.O=BOO.[HH].[K+]. The number of aliphatic hydroxyl groups excluding tert-OH is 2. The van der Waals surface area contributed by atoms with Gasteiger partial charge in [-0.05, 0) is 143 Å². The van der Waals surface area contributed by atoms with E-state index in [1.807, 2.05) is 34.6 Å². The topological polar surface area (TPSA) is 209 Å². The first-order chi connectivity index (χ1) is 45.1. The van der Waals surface area contributed by atoms with Crippen LogP contribution in [0.4, 0.5) is 0 Å². The fraction of sp³-hybridized carbons (Fsp3) is 0.844. The molecule has 3 N–H and O–H groups in total. The molecule has 3 atom stereocenters. The third kappa shape index (κ3) is 74.3. The predicted molar refractivity (Wildman–Crippen MR) is 391 cm³/mol. The van der Waals surface area contributed by atoms with Crippen LogP contribution in [0.2, 0.25) is 0 Å². The molecule has 0 saturated carbocycles. The van der Waals surface area contributed by atoms with Crippen LogP contribution in [0.15, 0.2) is 65.6 Å². The summed E-state index contributed by atoms with van der Waals surface area (Å²) in [4.78, 5) is 3.10. The normalized spacial score (nSPS) is 15.7. The number of rotatable bonds is 57. The van der Waals surface area contributed by atoms with E-state index in [4.69, 9.17) is 52.8 Å². The molecular formula is C77H148BKO15S.